The van der Waals surface area contributed by atoms with Crippen LogP contribution in [0.3, 0.4) is 0 Å². The summed E-state index contributed by atoms with van der Waals surface area (Å²) in [5.41, 5.74) is 4.29. The summed E-state index contributed by atoms with van der Waals surface area (Å²) in [7, 11) is 0. The van der Waals surface area contributed by atoms with Crippen molar-refractivity contribution < 1.29 is 29.4 Å². The van der Waals surface area contributed by atoms with Crippen molar-refractivity contribution >= 4 is 36.2 Å². The standard InChI is InChI=1S/C18H14N4O6/c23-15(21-19-9-11-5-1-3-7-13(11)17(25)26)16(24)22-20-10-12-6-2-4-8-14(12)18(27)28/h1-10H,(H,21,23)(H,22,24)(H,25,26)(H,27,28)/b19-9+,20-10?. The van der Waals surface area contributed by atoms with E-state index in [1.807, 2.05) is 10.9 Å². The smallest absolute Gasteiger partial charge is 0.336 e. The number of rotatable bonds is 6. The first-order valence-electron chi connectivity index (χ1n) is 7.71. The molecule has 0 aliphatic carbocycles. The van der Waals surface area contributed by atoms with Crippen LogP contribution in [0.2, 0.25) is 0 Å². The van der Waals surface area contributed by atoms with E-state index in [0.29, 0.717) is 0 Å². The number of aromatic carboxylic acids is 2. The lowest BCUT2D eigenvalue weighted by Crippen LogP contribution is -2.35. The van der Waals surface area contributed by atoms with E-state index in [9.17, 15) is 19.2 Å². The van der Waals surface area contributed by atoms with Crippen molar-refractivity contribution in [2.45, 2.75) is 0 Å². The highest BCUT2D eigenvalue weighted by Crippen LogP contribution is 2.06. The van der Waals surface area contributed by atoms with E-state index in [4.69, 9.17) is 10.2 Å². The maximum atomic E-state index is 11.6. The predicted octanol–water partition coefficient (Wildman–Crippen LogP) is 0.683. The molecule has 0 heterocycles. The molecule has 0 aliphatic rings. The van der Waals surface area contributed by atoms with E-state index in [1.165, 1.54) is 36.4 Å². The molecule has 0 saturated carbocycles. The molecule has 0 bridgehead atoms. The molecule has 2 aromatic carbocycles. The molecule has 0 unspecified atom stereocenters. The number of carbonyl (C=O) groups excluding carboxylic acids is 2. The van der Waals surface area contributed by atoms with Gasteiger partial charge in [-0.1, -0.05) is 36.4 Å². The van der Waals surface area contributed by atoms with Gasteiger partial charge >= 0.3 is 23.8 Å². The average molecular weight is 382 g/mol. The number of hydrogen-bond acceptors (Lipinski definition) is 6. The molecular formula is C18H14N4O6. The van der Waals surface area contributed by atoms with Crippen LogP contribution in [-0.2, 0) is 9.59 Å². The zero-order valence-electron chi connectivity index (χ0n) is 14.2. The van der Waals surface area contributed by atoms with Crippen LogP contribution in [0.15, 0.2) is 58.7 Å². The van der Waals surface area contributed by atoms with Crippen molar-refractivity contribution in [2.24, 2.45) is 10.2 Å². The van der Waals surface area contributed by atoms with E-state index < -0.39 is 23.8 Å². The predicted molar refractivity (Wildman–Crippen MR) is 98.3 cm³/mol. The summed E-state index contributed by atoms with van der Waals surface area (Å²) >= 11 is 0. The van der Waals surface area contributed by atoms with Gasteiger partial charge in [-0.25, -0.2) is 20.4 Å². The zero-order chi connectivity index (χ0) is 20.5. The molecule has 0 fully saturated rings. The fraction of sp³-hybridized carbons (Fsp3) is 0. The molecule has 28 heavy (non-hydrogen) atoms. The molecule has 0 radical (unpaired) electrons. The van der Waals surface area contributed by atoms with E-state index in [0.717, 1.165) is 12.4 Å². The number of benzene rings is 2. The van der Waals surface area contributed by atoms with Gasteiger partial charge in [0.1, 0.15) is 0 Å². The number of hydrogen-bond donors (Lipinski definition) is 4. The number of amides is 2. The van der Waals surface area contributed by atoms with Crippen LogP contribution in [0.1, 0.15) is 31.8 Å². The van der Waals surface area contributed by atoms with E-state index in [-0.39, 0.29) is 22.3 Å². The first-order valence-corrected chi connectivity index (χ1v) is 7.71. The highest BCUT2D eigenvalue weighted by molar-refractivity contribution is 6.35. The van der Waals surface area contributed by atoms with Crippen LogP contribution in [0.25, 0.3) is 0 Å². The zero-order valence-corrected chi connectivity index (χ0v) is 14.2. The van der Waals surface area contributed by atoms with Gasteiger partial charge in [-0.3, -0.25) is 9.59 Å². The Bertz CT molecular complexity index is 904. The lowest BCUT2D eigenvalue weighted by Gasteiger charge is -2.01. The van der Waals surface area contributed by atoms with Gasteiger partial charge < -0.3 is 10.2 Å². The molecule has 0 atom stereocenters. The largest absolute Gasteiger partial charge is 0.478 e. The fourth-order valence-electron chi connectivity index (χ4n) is 2.03. The molecule has 10 nitrogen and oxygen atoms in total. The Kier molecular flexibility index (Phi) is 6.69. The van der Waals surface area contributed by atoms with E-state index in [2.05, 4.69) is 10.2 Å². The molecule has 142 valence electrons. The molecule has 0 aliphatic heterocycles. The van der Waals surface area contributed by atoms with E-state index in [1.54, 1.807) is 12.1 Å². The third kappa shape index (κ3) is 5.33. The monoisotopic (exact) mass is 382 g/mol. The molecule has 0 saturated heterocycles. The van der Waals surface area contributed by atoms with Crippen molar-refractivity contribution in [1.82, 2.24) is 10.9 Å². The summed E-state index contributed by atoms with van der Waals surface area (Å²) in [4.78, 5) is 45.4. The van der Waals surface area contributed by atoms with Gasteiger partial charge in [-0.2, -0.15) is 10.2 Å². The fourth-order valence-corrected chi connectivity index (χ4v) is 2.03. The van der Waals surface area contributed by atoms with Gasteiger partial charge in [0, 0.05) is 11.1 Å². The second-order valence-electron chi connectivity index (χ2n) is 5.18. The number of nitrogens with zero attached hydrogens (tertiary/aromatic N) is 2. The maximum Gasteiger partial charge on any atom is 0.336 e. The third-order valence-corrected chi connectivity index (χ3v) is 3.33. The Labute approximate surface area is 158 Å². The topological polar surface area (TPSA) is 158 Å². The number of carboxylic acid groups (broad SMARTS) is 2. The SMILES string of the molecule is O=C(NN=Cc1ccccc1C(=O)O)C(=O)N/N=C/c1ccccc1C(=O)O. The number of carbonyl (C=O) groups is 4. The minimum absolute atomic E-state index is 0.0216. The van der Waals surface area contributed by atoms with E-state index >= 15 is 0 Å². The van der Waals surface area contributed by atoms with Crippen LogP contribution in [0, 0.1) is 0 Å². The normalized spacial score (nSPS) is 10.7. The Morgan fingerprint density at radius 1 is 0.679 bits per heavy atom. The van der Waals surface area contributed by atoms with Gasteiger partial charge in [0.15, 0.2) is 0 Å². The van der Waals surface area contributed by atoms with Crippen molar-refractivity contribution in [3.8, 4) is 0 Å². The average Bonchev–Trinajstić information content (AvgIpc) is 2.68. The Morgan fingerprint density at radius 3 is 1.39 bits per heavy atom. The lowest BCUT2D eigenvalue weighted by atomic mass is 10.1. The van der Waals surface area contributed by atoms with Crippen molar-refractivity contribution in [2.75, 3.05) is 0 Å². The molecule has 0 aromatic heterocycles. The van der Waals surface area contributed by atoms with Gasteiger partial charge in [0.2, 0.25) is 0 Å². The number of carboxylic acids is 2. The Balaban J connectivity index is 1.95. The summed E-state index contributed by atoms with van der Waals surface area (Å²) in [6.07, 6.45) is 2.17. The quantitative estimate of drug-likeness (QED) is 0.327. The summed E-state index contributed by atoms with van der Waals surface area (Å²) in [6.45, 7) is 0. The molecule has 2 rings (SSSR count). The molecular weight excluding hydrogens is 368 g/mol. The van der Waals surface area contributed by atoms with Crippen LogP contribution >= 0.6 is 0 Å². The van der Waals surface area contributed by atoms with Gasteiger partial charge in [0.25, 0.3) is 0 Å². The van der Waals surface area contributed by atoms with Crippen LogP contribution in [-0.4, -0.2) is 46.4 Å². The summed E-state index contributed by atoms with van der Waals surface area (Å²) in [6, 6.07) is 11.9. The second-order valence-corrected chi connectivity index (χ2v) is 5.18. The van der Waals surface area contributed by atoms with Crippen LogP contribution in [0.5, 0.6) is 0 Å². The third-order valence-electron chi connectivity index (χ3n) is 3.33. The molecule has 2 amide bonds. The Morgan fingerprint density at radius 2 is 1.04 bits per heavy atom. The highest BCUT2D eigenvalue weighted by atomic mass is 16.4. The van der Waals surface area contributed by atoms with Crippen LogP contribution < -0.4 is 10.9 Å². The first-order chi connectivity index (χ1) is 13.4. The van der Waals surface area contributed by atoms with Gasteiger partial charge in [0.05, 0.1) is 23.6 Å². The van der Waals surface area contributed by atoms with Crippen LogP contribution in [0.4, 0.5) is 0 Å². The summed E-state index contributed by atoms with van der Waals surface area (Å²) < 4.78 is 0. The molecule has 10 heteroatoms. The second kappa shape index (κ2) is 9.38. The summed E-state index contributed by atoms with van der Waals surface area (Å²) in [5.74, 6) is -4.62. The molecule has 4 N–H and O–H groups in total. The van der Waals surface area contributed by atoms with Crippen molar-refractivity contribution in [3.63, 3.8) is 0 Å². The maximum absolute atomic E-state index is 11.6. The van der Waals surface area contributed by atoms with Crippen molar-refractivity contribution in [3.05, 3.63) is 70.8 Å². The lowest BCUT2D eigenvalue weighted by molar-refractivity contribution is -0.139. The molecule has 2 aromatic rings. The minimum Gasteiger partial charge on any atom is -0.478 e. The van der Waals surface area contributed by atoms with Gasteiger partial charge in [-0.05, 0) is 12.1 Å². The van der Waals surface area contributed by atoms with Crippen molar-refractivity contribution in [1.29, 1.82) is 0 Å². The number of nitrogens with one attached hydrogen (secondary N) is 2. The highest BCUT2D eigenvalue weighted by Gasteiger charge is 2.12. The number of hydrazone groups is 2. The van der Waals surface area contributed by atoms with Gasteiger partial charge in [-0.15, -0.1) is 0 Å². The minimum atomic E-state index is -1.16. The summed E-state index contributed by atoms with van der Waals surface area (Å²) in [5, 5.41) is 25.1. The molecule has 0 spiro atoms. The first kappa shape index (κ1) is 20.0. The Hall–Kier alpha value is -4.34.